The Morgan fingerprint density at radius 1 is 0.234 bits per heavy atom. The van der Waals surface area contributed by atoms with Crippen molar-refractivity contribution in [3.05, 3.63) is 214 Å². The van der Waals surface area contributed by atoms with E-state index in [1.165, 1.54) is 110 Å². The van der Waals surface area contributed by atoms with Crippen molar-refractivity contribution in [2.24, 2.45) is 0 Å². The minimum atomic E-state index is -2.98. The first-order chi connectivity index (χ1) is 37.7. The van der Waals surface area contributed by atoms with Crippen LogP contribution >= 0.6 is 0 Å². The molecule has 77 heavy (non-hydrogen) atoms. The first-order valence-corrected chi connectivity index (χ1v) is 30.5. The van der Waals surface area contributed by atoms with E-state index in [2.05, 4.69) is 293 Å². The van der Waals surface area contributed by atoms with Gasteiger partial charge in [0.1, 0.15) is 0 Å². The van der Waals surface area contributed by atoms with Gasteiger partial charge in [-0.05, 0) is 191 Å². The molecule has 0 aromatic heterocycles. The Balaban J connectivity index is 1.13. The molecule has 5 heteroatoms. The van der Waals surface area contributed by atoms with Crippen LogP contribution in [0.2, 0.25) is 0 Å². The predicted molar refractivity (Wildman–Crippen MR) is 344 cm³/mol. The fraction of sp³-hybridized carbons (Fsp3) is 0.222. The topological polar surface area (TPSA) is 13.0 Å². The van der Waals surface area contributed by atoms with Crippen molar-refractivity contribution in [1.29, 1.82) is 0 Å². The van der Waals surface area contributed by atoms with Crippen LogP contribution in [0.3, 0.4) is 0 Å². The fourth-order valence-corrected chi connectivity index (χ4v) is 17.8. The van der Waals surface area contributed by atoms with Crippen molar-refractivity contribution in [3.8, 4) is 22.3 Å². The number of nitrogens with zero attached hydrogens (tertiary/aromatic N) is 4. The molecule has 0 fully saturated rings. The Morgan fingerprint density at radius 3 is 0.584 bits per heavy atom. The average Bonchev–Trinajstić information content (AvgIpc) is 3.16. The SMILES string of the molecule is CCN(CC)c1ccc(/C=C\c2ccc3c(c2)[Si]2(c4cc(/C=C\c5ccc(N(CC)CC)cc5)ccc4-3)c3cc(/C=C/c4ccc(N(CC)CC)cc4)ccc3-c3ccc(/C=C/c4ccc(N(CC)CC)cc4)cc32)cc1. The average molecular weight is 1030 g/mol. The number of rotatable bonds is 20. The highest BCUT2D eigenvalue weighted by Crippen LogP contribution is 2.38. The lowest BCUT2D eigenvalue weighted by molar-refractivity contribution is 0.866. The van der Waals surface area contributed by atoms with E-state index in [-0.39, 0.29) is 0 Å². The lowest BCUT2D eigenvalue weighted by atomic mass is 10.0. The summed E-state index contributed by atoms with van der Waals surface area (Å²) < 4.78 is 0. The van der Waals surface area contributed by atoms with Gasteiger partial charge in [0.2, 0.25) is 0 Å². The summed E-state index contributed by atoms with van der Waals surface area (Å²) in [7, 11) is -2.98. The second-order valence-electron chi connectivity index (χ2n) is 20.4. The molecule has 0 saturated carbocycles. The van der Waals surface area contributed by atoms with Gasteiger partial charge in [0, 0.05) is 75.1 Å². The van der Waals surface area contributed by atoms with Gasteiger partial charge >= 0.3 is 0 Å². The second-order valence-corrected chi connectivity index (χ2v) is 24.0. The molecule has 0 saturated heterocycles. The number of benzene rings is 8. The smallest absolute Gasteiger partial charge is 0.182 e. The summed E-state index contributed by atoms with van der Waals surface area (Å²) in [6.45, 7) is 25.7. The summed E-state index contributed by atoms with van der Waals surface area (Å²) in [6, 6.07) is 65.3. The first kappa shape index (κ1) is 52.6. The van der Waals surface area contributed by atoms with Gasteiger partial charge in [-0.15, -0.1) is 0 Å². The molecule has 1 spiro atoms. The summed E-state index contributed by atoms with van der Waals surface area (Å²) in [5.41, 5.74) is 20.1. The molecule has 8 aromatic carbocycles. The number of hydrogen-bond donors (Lipinski definition) is 0. The van der Waals surface area contributed by atoms with Crippen LogP contribution in [0.25, 0.3) is 70.9 Å². The van der Waals surface area contributed by atoms with Crippen LogP contribution in [0.15, 0.2) is 170 Å². The summed E-state index contributed by atoms with van der Waals surface area (Å²) >= 11 is 0. The van der Waals surface area contributed by atoms with E-state index in [1.54, 1.807) is 0 Å². The number of anilines is 4. The summed E-state index contributed by atoms with van der Waals surface area (Å²) in [4.78, 5) is 9.60. The standard InChI is InChI=1S/C72H76N4Si/c1-9-73(10-2)61-37-25-53(26-38-61)17-21-57-33-45-65-66-46-34-58(22-18-54-27-39-62(40-28-54)74(11-3)12-4)50-70(66)77(69(65)49-57)71-51-59(23-19-55-29-41-63(42-30-55)75(13-5)14-6)35-47-67(71)68-48-36-60(52-72(68)77)24-20-56-31-43-64(44-32-56)76(15-7)16-8/h17-52H,9-16H2,1-8H3/b21-17-,22-18-,23-19+,24-20+. The van der Waals surface area contributed by atoms with E-state index in [9.17, 15) is 0 Å². The molecule has 2 heterocycles. The zero-order valence-corrected chi connectivity index (χ0v) is 47.7. The zero-order valence-electron chi connectivity index (χ0n) is 46.7. The Morgan fingerprint density at radius 2 is 0.403 bits per heavy atom. The van der Waals surface area contributed by atoms with Crippen LogP contribution in [0, 0.1) is 0 Å². The molecule has 8 aromatic rings. The number of hydrogen-bond acceptors (Lipinski definition) is 4. The van der Waals surface area contributed by atoms with Crippen LogP contribution < -0.4 is 40.3 Å². The Labute approximate surface area is 461 Å². The maximum absolute atomic E-state index is 2.98. The van der Waals surface area contributed by atoms with Gasteiger partial charge in [0.05, 0.1) is 0 Å². The summed E-state index contributed by atoms with van der Waals surface area (Å²) in [5.74, 6) is 0. The predicted octanol–water partition coefficient (Wildman–Crippen LogP) is 15.1. The lowest BCUT2D eigenvalue weighted by Gasteiger charge is -2.28. The first-order valence-electron chi connectivity index (χ1n) is 28.5. The van der Waals surface area contributed by atoms with Gasteiger partial charge in [0.25, 0.3) is 0 Å². The molecule has 2 aliphatic rings. The summed E-state index contributed by atoms with van der Waals surface area (Å²) in [6.07, 6.45) is 18.4. The van der Waals surface area contributed by atoms with Gasteiger partial charge < -0.3 is 19.6 Å². The Kier molecular flexibility index (Phi) is 16.1. The van der Waals surface area contributed by atoms with Crippen LogP contribution in [0.4, 0.5) is 22.7 Å². The molecule has 388 valence electrons. The van der Waals surface area contributed by atoms with Crippen molar-refractivity contribution in [2.75, 3.05) is 72.0 Å². The summed E-state index contributed by atoms with van der Waals surface area (Å²) in [5, 5.41) is 5.84. The molecule has 10 rings (SSSR count). The van der Waals surface area contributed by atoms with E-state index in [0.717, 1.165) is 52.4 Å². The monoisotopic (exact) mass is 1020 g/mol. The highest BCUT2D eigenvalue weighted by atomic mass is 28.3. The van der Waals surface area contributed by atoms with Crippen molar-refractivity contribution < 1.29 is 0 Å². The highest BCUT2D eigenvalue weighted by molar-refractivity contribution is 7.24. The molecule has 0 aliphatic carbocycles. The third-order valence-electron chi connectivity index (χ3n) is 16.3. The molecule has 0 unspecified atom stereocenters. The van der Waals surface area contributed by atoms with Gasteiger partial charge in [-0.2, -0.15) is 0 Å². The zero-order chi connectivity index (χ0) is 53.5. The molecular weight excluding hydrogens is 949 g/mol. The lowest BCUT2D eigenvalue weighted by Crippen LogP contribution is -2.71. The third-order valence-corrected chi connectivity index (χ3v) is 21.2. The quantitative estimate of drug-likeness (QED) is 0.0557. The van der Waals surface area contributed by atoms with Crippen molar-refractivity contribution in [3.63, 3.8) is 0 Å². The van der Waals surface area contributed by atoms with Crippen LogP contribution in [-0.2, 0) is 0 Å². The fourth-order valence-electron chi connectivity index (χ4n) is 12.0. The molecule has 2 aliphatic heterocycles. The Bertz CT molecular complexity index is 2970. The molecule has 0 radical (unpaired) electrons. The van der Waals surface area contributed by atoms with Gasteiger partial charge in [0.15, 0.2) is 8.07 Å². The Hall–Kier alpha value is -7.86. The maximum atomic E-state index is 2.55. The largest absolute Gasteiger partial charge is 0.372 e. The van der Waals surface area contributed by atoms with E-state index >= 15 is 0 Å². The van der Waals surface area contributed by atoms with E-state index in [1.807, 2.05) is 0 Å². The molecular formula is C72H76N4Si. The number of fused-ring (bicyclic) bond motifs is 10. The minimum Gasteiger partial charge on any atom is -0.372 e. The maximum Gasteiger partial charge on any atom is 0.182 e. The third kappa shape index (κ3) is 10.5. The molecule has 0 amide bonds. The van der Waals surface area contributed by atoms with Crippen molar-refractivity contribution in [2.45, 2.75) is 55.4 Å². The van der Waals surface area contributed by atoms with E-state index < -0.39 is 8.07 Å². The van der Waals surface area contributed by atoms with Crippen molar-refractivity contribution in [1.82, 2.24) is 0 Å². The van der Waals surface area contributed by atoms with E-state index in [4.69, 9.17) is 0 Å². The van der Waals surface area contributed by atoms with Crippen LogP contribution in [0.1, 0.15) is 99.9 Å². The molecule has 0 bridgehead atoms. The normalized spacial score (nSPS) is 13.0. The van der Waals surface area contributed by atoms with E-state index in [0.29, 0.717) is 0 Å². The molecule has 0 atom stereocenters. The van der Waals surface area contributed by atoms with Gasteiger partial charge in [-0.3, -0.25) is 0 Å². The molecule has 4 nitrogen and oxygen atoms in total. The van der Waals surface area contributed by atoms with Crippen LogP contribution in [0.5, 0.6) is 0 Å². The molecule has 0 N–H and O–H groups in total. The van der Waals surface area contributed by atoms with Crippen molar-refractivity contribution >= 4 is 100 Å². The minimum absolute atomic E-state index is 0.995. The van der Waals surface area contributed by atoms with Crippen LogP contribution in [-0.4, -0.2) is 60.4 Å². The van der Waals surface area contributed by atoms with Gasteiger partial charge in [-0.1, -0.05) is 170 Å². The van der Waals surface area contributed by atoms with Gasteiger partial charge in [-0.25, -0.2) is 0 Å². The highest BCUT2D eigenvalue weighted by Gasteiger charge is 2.54. The second kappa shape index (κ2) is 23.6.